The molecule has 1 aromatic carbocycles. The molecule has 0 aromatic heterocycles. The van der Waals surface area contributed by atoms with Crippen molar-refractivity contribution in [2.45, 2.75) is 26.7 Å². The number of benzene rings is 1. The van der Waals surface area contributed by atoms with Crippen molar-refractivity contribution in [2.24, 2.45) is 5.41 Å². The monoisotopic (exact) mass is 334 g/mol. The van der Waals surface area contributed by atoms with Gasteiger partial charge in [0.2, 0.25) is 9.05 Å². The average Bonchev–Trinajstić information content (AvgIpc) is 2.45. The van der Waals surface area contributed by atoms with Crippen LogP contribution < -0.4 is 4.74 Å². The van der Waals surface area contributed by atoms with Crippen LogP contribution in [0.25, 0.3) is 0 Å². The summed E-state index contributed by atoms with van der Waals surface area (Å²) in [4.78, 5) is 0. The van der Waals surface area contributed by atoms with Gasteiger partial charge in [0.1, 0.15) is 12.4 Å². The molecule has 0 aliphatic carbocycles. The summed E-state index contributed by atoms with van der Waals surface area (Å²) in [7, 11) is 1.86. The molecule has 0 saturated carbocycles. The molecular weight excluding hydrogens is 312 g/mol. The molecule has 0 unspecified atom stereocenters. The maximum absolute atomic E-state index is 11.3. The number of ether oxygens (including phenoxy) is 2. The zero-order valence-electron chi connectivity index (χ0n) is 12.5. The van der Waals surface area contributed by atoms with E-state index in [9.17, 15) is 8.42 Å². The van der Waals surface area contributed by atoms with Gasteiger partial charge in [-0.2, -0.15) is 0 Å². The normalized spacial score (nSPS) is 12.3. The summed E-state index contributed by atoms with van der Waals surface area (Å²) in [5, 5.41) is 0. The third-order valence-electron chi connectivity index (χ3n) is 3.63. The first-order valence-electron chi connectivity index (χ1n) is 7.09. The van der Waals surface area contributed by atoms with Gasteiger partial charge in [-0.15, -0.1) is 0 Å². The van der Waals surface area contributed by atoms with E-state index in [4.69, 9.17) is 20.2 Å². The number of halogens is 1. The lowest BCUT2D eigenvalue weighted by atomic mass is 9.85. The van der Waals surface area contributed by atoms with E-state index in [1.54, 1.807) is 0 Å². The average molecular weight is 335 g/mol. The highest BCUT2D eigenvalue weighted by Gasteiger charge is 2.31. The quantitative estimate of drug-likeness (QED) is 0.485. The van der Waals surface area contributed by atoms with Gasteiger partial charge in [-0.05, 0) is 25.0 Å². The van der Waals surface area contributed by atoms with Crippen LogP contribution in [0, 0.1) is 5.41 Å². The van der Waals surface area contributed by atoms with Crippen LogP contribution in [0.15, 0.2) is 30.3 Å². The number of para-hydroxylation sites is 1. The smallest absolute Gasteiger partial charge is 0.233 e. The van der Waals surface area contributed by atoms with E-state index in [0.717, 1.165) is 5.75 Å². The number of rotatable bonds is 10. The zero-order valence-corrected chi connectivity index (χ0v) is 14.1. The first kappa shape index (κ1) is 18.3. The Hall–Kier alpha value is -0.780. The molecule has 0 N–H and O–H groups in total. The van der Waals surface area contributed by atoms with Gasteiger partial charge in [0.05, 0.1) is 19.0 Å². The predicted molar refractivity (Wildman–Crippen MR) is 85.4 cm³/mol. The molecule has 0 atom stereocenters. The standard InChI is InChI=1S/C15H23ClO4S/c1-3-15(4-2,13-21(16,17)18)12-19-10-11-20-14-8-6-5-7-9-14/h5-9H,3-4,10-13H2,1-2H3. The fourth-order valence-corrected chi connectivity index (χ4v) is 4.01. The van der Waals surface area contributed by atoms with Crippen molar-refractivity contribution >= 4 is 19.7 Å². The van der Waals surface area contributed by atoms with E-state index < -0.39 is 14.5 Å². The van der Waals surface area contributed by atoms with Gasteiger partial charge in [0.15, 0.2) is 0 Å². The van der Waals surface area contributed by atoms with Crippen LogP contribution in [-0.4, -0.2) is 34.0 Å². The lowest BCUT2D eigenvalue weighted by Crippen LogP contribution is -2.33. The summed E-state index contributed by atoms with van der Waals surface area (Å²) in [5.74, 6) is 0.732. The molecule has 0 aliphatic rings. The number of hydrogen-bond acceptors (Lipinski definition) is 4. The van der Waals surface area contributed by atoms with Crippen LogP contribution in [-0.2, 0) is 13.8 Å². The minimum Gasteiger partial charge on any atom is -0.491 e. The van der Waals surface area contributed by atoms with Crippen LogP contribution >= 0.6 is 10.7 Å². The SMILES string of the molecule is CCC(CC)(COCCOc1ccccc1)CS(=O)(=O)Cl. The van der Waals surface area contributed by atoms with Crippen molar-refractivity contribution in [3.63, 3.8) is 0 Å². The highest BCUT2D eigenvalue weighted by atomic mass is 35.7. The highest BCUT2D eigenvalue weighted by Crippen LogP contribution is 2.30. The second-order valence-electron chi connectivity index (χ2n) is 5.10. The van der Waals surface area contributed by atoms with Crippen molar-refractivity contribution in [2.75, 3.05) is 25.6 Å². The van der Waals surface area contributed by atoms with Crippen LogP contribution in [0.5, 0.6) is 5.75 Å². The Kier molecular flexibility index (Phi) is 7.49. The Labute approximate surface area is 131 Å². The summed E-state index contributed by atoms with van der Waals surface area (Å²) in [6.07, 6.45) is 1.41. The Morgan fingerprint density at radius 1 is 1.10 bits per heavy atom. The molecule has 1 rings (SSSR count). The Morgan fingerprint density at radius 2 is 1.71 bits per heavy atom. The predicted octanol–water partition coefficient (Wildman–Crippen LogP) is 3.46. The molecule has 0 saturated heterocycles. The third kappa shape index (κ3) is 7.16. The third-order valence-corrected chi connectivity index (χ3v) is 4.91. The van der Waals surface area contributed by atoms with Gasteiger partial charge in [0, 0.05) is 16.1 Å². The lowest BCUT2D eigenvalue weighted by molar-refractivity contribution is 0.0343. The molecule has 6 heteroatoms. The van der Waals surface area contributed by atoms with Crippen LogP contribution in [0.1, 0.15) is 26.7 Å². The van der Waals surface area contributed by atoms with Gasteiger partial charge in [-0.3, -0.25) is 0 Å². The van der Waals surface area contributed by atoms with E-state index >= 15 is 0 Å². The largest absolute Gasteiger partial charge is 0.491 e. The molecule has 120 valence electrons. The Morgan fingerprint density at radius 3 is 2.24 bits per heavy atom. The maximum Gasteiger partial charge on any atom is 0.233 e. The fraction of sp³-hybridized carbons (Fsp3) is 0.600. The molecule has 1 aromatic rings. The minimum absolute atomic E-state index is 0.0614. The molecule has 0 aliphatic heterocycles. The molecule has 0 fully saturated rings. The maximum atomic E-state index is 11.3. The number of hydrogen-bond donors (Lipinski definition) is 0. The van der Waals surface area contributed by atoms with Gasteiger partial charge in [0.25, 0.3) is 0 Å². The van der Waals surface area contributed by atoms with E-state index in [1.165, 1.54) is 0 Å². The molecular formula is C15H23ClO4S. The van der Waals surface area contributed by atoms with E-state index in [2.05, 4.69) is 0 Å². The summed E-state index contributed by atoms with van der Waals surface area (Å²) in [6.45, 7) is 5.12. The first-order chi connectivity index (χ1) is 9.91. The van der Waals surface area contributed by atoms with Crippen molar-refractivity contribution in [3.05, 3.63) is 30.3 Å². The second kappa shape index (κ2) is 8.61. The molecule has 0 bridgehead atoms. The Balaban J connectivity index is 2.37. The van der Waals surface area contributed by atoms with Crippen LogP contribution in [0.3, 0.4) is 0 Å². The first-order valence-corrected chi connectivity index (χ1v) is 9.56. The fourth-order valence-electron chi connectivity index (χ4n) is 2.09. The van der Waals surface area contributed by atoms with Gasteiger partial charge < -0.3 is 9.47 Å². The van der Waals surface area contributed by atoms with Crippen LogP contribution in [0.4, 0.5) is 0 Å². The molecule has 0 radical (unpaired) electrons. The minimum atomic E-state index is -3.53. The summed E-state index contributed by atoms with van der Waals surface area (Å²) < 4.78 is 33.8. The summed E-state index contributed by atoms with van der Waals surface area (Å²) >= 11 is 0. The molecule has 0 spiro atoms. The molecule has 0 heterocycles. The van der Waals surface area contributed by atoms with Crippen molar-refractivity contribution < 1.29 is 17.9 Å². The van der Waals surface area contributed by atoms with Gasteiger partial charge in [-0.1, -0.05) is 32.0 Å². The van der Waals surface area contributed by atoms with E-state index in [1.807, 2.05) is 44.2 Å². The van der Waals surface area contributed by atoms with Crippen LogP contribution in [0.2, 0.25) is 0 Å². The van der Waals surface area contributed by atoms with Crippen molar-refractivity contribution in [3.8, 4) is 5.75 Å². The van der Waals surface area contributed by atoms with Gasteiger partial charge >= 0.3 is 0 Å². The summed E-state index contributed by atoms with van der Waals surface area (Å²) in [5.41, 5.74) is -0.423. The van der Waals surface area contributed by atoms with E-state index in [-0.39, 0.29) is 5.75 Å². The second-order valence-corrected chi connectivity index (χ2v) is 7.88. The molecule has 4 nitrogen and oxygen atoms in total. The Bertz CT molecular complexity index is 498. The van der Waals surface area contributed by atoms with Gasteiger partial charge in [-0.25, -0.2) is 8.42 Å². The molecule has 0 amide bonds. The lowest BCUT2D eigenvalue weighted by Gasteiger charge is -2.29. The van der Waals surface area contributed by atoms with E-state index in [0.29, 0.717) is 32.7 Å². The van der Waals surface area contributed by atoms with Crippen molar-refractivity contribution in [1.29, 1.82) is 0 Å². The molecule has 21 heavy (non-hydrogen) atoms. The summed E-state index contributed by atoms with van der Waals surface area (Å²) in [6, 6.07) is 9.49. The highest BCUT2D eigenvalue weighted by molar-refractivity contribution is 8.13. The van der Waals surface area contributed by atoms with Crippen molar-refractivity contribution in [1.82, 2.24) is 0 Å². The topological polar surface area (TPSA) is 52.6 Å². The zero-order chi connectivity index (χ0) is 15.8.